The Labute approximate surface area is 143 Å². The summed E-state index contributed by atoms with van der Waals surface area (Å²) < 4.78 is 10.8. The molecule has 4 rings (SSSR count). The molecule has 0 saturated carbocycles. The zero-order chi connectivity index (χ0) is 17.7. The van der Waals surface area contributed by atoms with Gasteiger partial charge in [0.2, 0.25) is 0 Å². The van der Waals surface area contributed by atoms with Crippen LogP contribution >= 0.6 is 0 Å². The molecule has 5 nitrogen and oxygen atoms in total. The van der Waals surface area contributed by atoms with E-state index in [0.717, 1.165) is 38.3 Å². The van der Waals surface area contributed by atoms with E-state index in [1.807, 2.05) is 38.1 Å². The second kappa shape index (κ2) is 5.48. The lowest BCUT2D eigenvalue weighted by atomic mass is 9.97. The molecule has 0 radical (unpaired) electrons. The minimum atomic E-state index is -0.403. The van der Waals surface area contributed by atoms with Crippen molar-refractivity contribution < 1.29 is 13.9 Å². The first-order valence-electron chi connectivity index (χ1n) is 8.17. The van der Waals surface area contributed by atoms with Crippen LogP contribution in [0.3, 0.4) is 0 Å². The van der Waals surface area contributed by atoms with Crippen molar-refractivity contribution in [3.63, 3.8) is 0 Å². The maximum absolute atomic E-state index is 12.6. The lowest BCUT2D eigenvalue weighted by Gasteiger charge is -2.09. The Balaban J connectivity index is 2.34. The Morgan fingerprint density at radius 2 is 1.88 bits per heavy atom. The van der Waals surface area contributed by atoms with Crippen molar-refractivity contribution >= 4 is 38.6 Å². The topological polar surface area (TPSA) is 72.3 Å². The number of H-pyrrole nitrogens is 1. The fourth-order valence-corrected chi connectivity index (χ4v) is 3.54. The van der Waals surface area contributed by atoms with Gasteiger partial charge in [-0.2, -0.15) is 0 Å². The predicted octanol–water partition coefficient (Wildman–Crippen LogP) is 4.22. The molecule has 0 aliphatic heterocycles. The van der Waals surface area contributed by atoms with Crippen molar-refractivity contribution in [2.45, 2.75) is 20.8 Å². The standard InChI is InChI=1S/C20H17NO4/c1-4-24-20(23)16-11(3)21-18-12-7-5-6-8-13(12)19-15(17(16)18)10(2)9-14(22)25-19/h5-9,21H,4H2,1-3H3. The maximum Gasteiger partial charge on any atom is 0.340 e. The van der Waals surface area contributed by atoms with E-state index in [0.29, 0.717) is 17.8 Å². The van der Waals surface area contributed by atoms with E-state index < -0.39 is 5.63 Å². The highest BCUT2D eigenvalue weighted by Gasteiger charge is 2.23. The Morgan fingerprint density at radius 1 is 1.16 bits per heavy atom. The summed E-state index contributed by atoms with van der Waals surface area (Å²) in [6.07, 6.45) is 0. The Hall–Kier alpha value is -3.08. The molecule has 0 unspecified atom stereocenters. The average molecular weight is 335 g/mol. The Kier molecular flexibility index (Phi) is 3.39. The van der Waals surface area contributed by atoms with Crippen LogP contribution in [0.5, 0.6) is 0 Å². The molecule has 0 bridgehead atoms. The van der Waals surface area contributed by atoms with Gasteiger partial charge in [-0.05, 0) is 26.3 Å². The van der Waals surface area contributed by atoms with Crippen LogP contribution in [0.2, 0.25) is 0 Å². The van der Waals surface area contributed by atoms with Crippen LogP contribution in [0.25, 0.3) is 32.6 Å². The summed E-state index contributed by atoms with van der Waals surface area (Å²) in [5.41, 5.74) is 2.94. The van der Waals surface area contributed by atoms with Crippen LogP contribution in [0.15, 0.2) is 39.5 Å². The number of hydrogen-bond donors (Lipinski definition) is 1. The van der Waals surface area contributed by atoms with Gasteiger partial charge >= 0.3 is 11.6 Å². The largest absolute Gasteiger partial charge is 0.462 e. The van der Waals surface area contributed by atoms with E-state index in [9.17, 15) is 9.59 Å². The van der Waals surface area contributed by atoms with E-state index >= 15 is 0 Å². The highest BCUT2D eigenvalue weighted by Crippen LogP contribution is 2.38. The van der Waals surface area contributed by atoms with E-state index in [-0.39, 0.29) is 5.97 Å². The second-order valence-electron chi connectivity index (χ2n) is 6.09. The van der Waals surface area contributed by atoms with Gasteiger partial charge in [0.25, 0.3) is 0 Å². The van der Waals surface area contributed by atoms with Crippen molar-refractivity contribution in [1.82, 2.24) is 4.98 Å². The molecule has 0 saturated heterocycles. The summed E-state index contributed by atoms with van der Waals surface area (Å²) in [5.74, 6) is -0.381. The monoisotopic (exact) mass is 335 g/mol. The number of aromatic amines is 1. The maximum atomic E-state index is 12.6. The summed E-state index contributed by atoms with van der Waals surface area (Å²) in [5, 5.41) is 3.24. The van der Waals surface area contributed by atoms with Crippen LogP contribution in [-0.4, -0.2) is 17.6 Å². The molecule has 0 amide bonds. The molecule has 2 heterocycles. The van der Waals surface area contributed by atoms with Crippen molar-refractivity contribution in [3.05, 3.63) is 57.6 Å². The quantitative estimate of drug-likeness (QED) is 0.338. The molecule has 126 valence electrons. The molecule has 0 atom stereocenters. The van der Waals surface area contributed by atoms with E-state index in [4.69, 9.17) is 9.15 Å². The number of fused-ring (bicyclic) bond motifs is 6. The number of rotatable bonds is 2. The molecule has 25 heavy (non-hydrogen) atoms. The van der Waals surface area contributed by atoms with Crippen LogP contribution in [-0.2, 0) is 4.74 Å². The Bertz CT molecular complexity index is 1210. The van der Waals surface area contributed by atoms with Crippen molar-refractivity contribution in [3.8, 4) is 0 Å². The zero-order valence-corrected chi connectivity index (χ0v) is 14.2. The third-order valence-electron chi connectivity index (χ3n) is 4.52. The lowest BCUT2D eigenvalue weighted by molar-refractivity contribution is 0.0528. The van der Waals surface area contributed by atoms with Crippen LogP contribution < -0.4 is 5.63 Å². The van der Waals surface area contributed by atoms with Crippen molar-refractivity contribution in [2.75, 3.05) is 6.61 Å². The smallest absolute Gasteiger partial charge is 0.340 e. The van der Waals surface area contributed by atoms with E-state index in [2.05, 4.69) is 4.98 Å². The molecular formula is C20H17NO4. The highest BCUT2D eigenvalue weighted by atomic mass is 16.5. The SMILES string of the molecule is CCOC(=O)c1c(C)[nH]c2c3ccccc3c3oc(=O)cc(C)c3c12. The van der Waals surface area contributed by atoms with Gasteiger partial charge in [-0.15, -0.1) is 0 Å². The van der Waals surface area contributed by atoms with Gasteiger partial charge in [0.15, 0.2) is 0 Å². The number of esters is 1. The molecule has 5 heteroatoms. The van der Waals surface area contributed by atoms with Gasteiger partial charge < -0.3 is 14.1 Å². The first kappa shape index (κ1) is 15.4. The first-order chi connectivity index (χ1) is 12.0. The van der Waals surface area contributed by atoms with Crippen molar-refractivity contribution in [1.29, 1.82) is 0 Å². The van der Waals surface area contributed by atoms with Gasteiger partial charge in [-0.1, -0.05) is 24.3 Å². The summed E-state index contributed by atoms with van der Waals surface area (Å²) in [6.45, 7) is 5.77. The van der Waals surface area contributed by atoms with Crippen molar-refractivity contribution in [2.24, 2.45) is 0 Å². The summed E-state index contributed by atoms with van der Waals surface area (Å²) in [7, 11) is 0. The number of aromatic nitrogens is 1. The number of ether oxygens (including phenoxy) is 1. The normalized spacial score (nSPS) is 11.5. The molecule has 0 aliphatic carbocycles. The highest BCUT2D eigenvalue weighted by molar-refractivity contribution is 6.28. The first-order valence-corrected chi connectivity index (χ1v) is 8.17. The minimum Gasteiger partial charge on any atom is -0.462 e. The summed E-state index contributed by atoms with van der Waals surface area (Å²) in [4.78, 5) is 27.8. The third-order valence-corrected chi connectivity index (χ3v) is 4.52. The van der Waals surface area contributed by atoms with Gasteiger partial charge in [0.1, 0.15) is 5.58 Å². The number of carbonyl (C=O) groups is 1. The molecule has 0 aliphatic rings. The molecular weight excluding hydrogens is 318 g/mol. The Morgan fingerprint density at radius 3 is 2.60 bits per heavy atom. The van der Waals surface area contributed by atoms with Gasteiger partial charge in [-0.25, -0.2) is 9.59 Å². The number of carbonyl (C=O) groups excluding carboxylic acids is 1. The van der Waals surface area contributed by atoms with Gasteiger partial charge in [0, 0.05) is 33.3 Å². The zero-order valence-electron chi connectivity index (χ0n) is 14.2. The number of benzene rings is 2. The van der Waals surface area contributed by atoms with Gasteiger partial charge in [0.05, 0.1) is 17.7 Å². The minimum absolute atomic E-state index is 0.296. The molecule has 1 N–H and O–H groups in total. The molecule has 4 aromatic rings. The fourth-order valence-electron chi connectivity index (χ4n) is 3.54. The van der Waals surface area contributed by atoms with Crippen LogP contribution in [0.1, 0.15) is 28.5 Å². The lowest BCUT2D eigenvalue weighted by Crippen LogP contribution is -2.06. The number of hydrogen-bond acceptors (Lipinski definition) is 4. The third kappa shape index (κ3) is 2.16. The molecule has 0 fully saturated rings. The van der Waals surface area contributed by atoms with Crippen LogP contribution in [0.4, 0.5) is 0 Å². The van der Waals surface area contributed by atoms with E-state index in [1.165, 1.54) is 6.07 Å². The fraction of sp³-hybridized carbons (Fsp3) is 0.200. The molecule has 2 aromatic heterocycles. The molecule has 0 spiro atoms. The number of nitrogens with one attached hydrogen (secondary N) is 1. The van der Waals surface area contributed by atoms with Crippen LogP contribution in [0, 0.1) is 13.8 Å². The molecule has 2 aromatic carbocycles. The summed E-state index contributed by atoms with van der Waals surface area (Å²) in [6, 6.07) is 9.14. The summed E-state index contributed by atoms with van der Waals surface area (Å²) >= 11 is 0. The predicted molar refractivity (Wildman–Crippen MR) is 97.3 cm³/mol. The number of aryl methyl sites for hydroxylation is 2. The van der Waals surface area contributed by atoms with Gasteiger partial charge in [-0.3, -0.25) is 0 Å². The van der Waals surface area contributed by atoms with E-state index in [1.54, 1.807) is 6.92 Å². The second-order valence-corrected chi connectivity index (χ2v) is 6.09. The average Bonchev–Trinajstić information content (AvgIpc) is 2.92.